The van der Waals surface area contributed by atoms with E-state index in [0.717, 1.165) is 0 Å². The van der Waals surface area contributed by atoms with Crippen LogP contribution in [0.2, 0.25) is 0 Å². The average molecular weight is 251 g/mol. The first-order valence-electron chi connectivity index (χ1n) is 5.09. The van der Waals surface area contributed by atoms with Gasteiger partial charge in [0.05, 0.1) is 6.33 Å². The van der Waals surface area contributed by atoms with Crippen molar-refractivity contribution in [3.63, 3.8) is 0 Å². The molecule has 0 aliphatic heterocycles. The van der Waals surface area contributed by atoms with E-state index in [4.69, 9.17) is 16.9 Å². The molecule has 96 valence electrons. The second-order valence-electron chi connectivity index (χ2n) is 3.37. The Hall–Kier alpha value is -2.33. The van der Waals surface area contributed by atoms with E-state index in [2.05, 4.69) is 15.6 Å². The van der Waals surface area contributed by atoms with Gasteiger partial charge in [0.1, 0.15) is 6.04 Å². The van der Waals surface area contributed by atoms with Gasteiger partial charge in [-0.05, 0) is 0 Å². The Bertz CT molecular complexity index is 449. The van der Waals surface area contributed by atoms with Gasteiger partial charge in [-0.2, -0.15) is 0 Å². The van der Waals surface area contributed by atoms with E-state index in [1.807, 2.05) is 0 Å². The Morgan fingerprint density at radius 1 is 1.72 bits per heavy atom. The number of imidazole rings is 1. The quantitative estimate of drug-likeness (QED) is 0.381. The van der Waals surface area contributed by atoms with Gasteiger partial charge in [0.15, 0.2) is 13.3 Å². The van der Waals surface area contributed by atoms with Crippen molar-refractivity contribution < 1.29 is 19.1 Å². The van der Waals surface area contributed by atoms with Crippen LogP contribution in [-0.4, -0.2) is 34.6 Å². The van der Waals surface area contributed by atoms with Crippen molar-refractivity contribution in [1.82, 2.24) is 9.55 Å². The molecule has 7 heteroatoms. The van der Waals surface area contributed by atoms with Crippen LogP contribution in [0.5, 0.6) is 0 Å². The van der Waals surface area contributed by atoms with E-state index in [9.17, 15) is 9.59 Å². The molecule has 0 bridgehead atoms. The highest BCUT2D eigenvalue weighted by Gasteiger charge is 2.17. The second kappa shape index (κ2) is 7.09. The lowest BCUT2D eigenvalue weighted by atomic mass is 10.2. The molecule has 7 nitrogen and oxygen atoms in total. The number of ether oxygens (including phenoxy) is 2. The fourth-order valence-electron chi connectivity index (χ4n) is 1.27. The molecule has 2 N–H and O–H groups in total. The first-order chi connectivity index (χ1) is 8.69. The van der Waals surface area contributed by atoms with Gasteiger partial charge < -0.3 is 19.8 Å². The van der Waals surface area contributed by atoms with Crippen molar-refractivity contribution in [2.24, 2.45) is 5.73 Å². The molecule has 0 radical (unpaired) electrons. The Balaban J connectivity index is 2.56. The summed E-state index contributed by atoms with van der Waals surface area (Å²) < 4.78 is 10.8. The minimum Gasteiger partial charge on any atom is -0.451 e. The number of aromatic nitrogens is 2. The van der Waals surface area contributed by atoms with Crippen LogP contribution in [0.25, 0.3) is 0 Å². The number of hydrogen-bond acceptors (Lipinski definition) is 6. The highest BCUT2D eigenvalue weighted by Crippen LogP contribution is 2.04. The molecule has 0 spiro atoms. The van der Waals surface area contributed by atoms with E-state index in [0.29, 0.717) is 12.2 Å². The topological polar surface area (TPSA) is 96.4 Å². The monoisotopic (exact) mass is 251 g/mol. The minimum absolute atomic E-state index is 0.0188. The molecule has 18 heavy (non-hydrogen) atoms. The molecular formula is C11H13N3O4. The van der Waals surface area contributed by atoms with Crippen molar-refractivity contribution in [2.75, 3.05) is 6.61 Å². The van der Waals surface area contributed by atoms with Crippen LogP contribution >= 0.6 is 0 Å². The van der Waals surface area contributed by atoms with Gasteiger partial charge in [-0.1, -0.05) is 5.92 Å². The van der Waals surface area contributed by atoms with Gasteiger partial charge in [-0.25, -0.2) is 4.98 Å². The van der Waals surface area contributed by atoms with Crippen LogP contribution in [0.4, 0.5) is 0 Å². The summed E-state index contributed by atoms with van der Waals surface area (Å²) in [5.74, 6) is 1.59. The molecule has 1 aromatic heterocycles. The Morgan fingerprint density at radius 2 is 2.50 bits per heavy atom. The minimum atomic E-state index is -0.843. The van der Waals surface area contributed by atoms with Gasteiger partial charge in [-0.3, -0.25) is 9.59 Å². The SMILES string of the molecule is C#CCOC(=O)C(N)Cc1cncn1COC=O. The number of terminal acetylenes is 1. The maximum atomic E-state index is 11.4. The first kappa shape index (κ1) is 13.7. The third kappa shape index (κ3) is 3.92. The number of nitrogens with two attached hydrogens (primary N) is 1. The third-order valence-corrected chi connectivity index (χ3v) is 2.11. The second-order valence-corrected chi connectivity index (χ2v) is 3.37. The largest absolute Gasteiger partial charge is 0.451 e. The summed E-state index contributed by atoms with van der Waals surface area (Å²) in [5, 5.41) is 0. The summed E-state index contributed by atoms with van der Waals surface area (Å²) in [6.45, 7) is 0.232. The van der Waals surface area contributed by atoms with Crippen LogP contribution in [0, 0.1) is 12.3 Å². The molecule has 0 saturated heterocycles. The molecule has 1 heterocycles. The van der Waals surface area contributed by atoms with Crippen molar-refractivity contribution in [1.29, 1.82) is 0 Å². The summed E-state index contributed by atoms with van der Waals surface area (Å²) >= 11 is 0. The molecule has 1 aromatic rings. The standard InChI is InChI=1S/C11H13N3O4/c1-2-3-18-11(16)10(12)4-9-5-13-6-14(9)7-17-8-15/h1,5-6,8,10H,3-4,7,12H2. The van der Waals surface area contributed by atoms with E-state index in [1.54, 1.807) is 4.57 Å². The van der Waals surface area contributed by atoms with Crippen LogP contribution in [0.15, 0.2) is 12.5 Å². The molecule has 0 aliphatic carbocycles. The summed E-state index contributed by atoms with van der Waals surface area (Å²) in [6, 6.07) is -0.843. The van der Waals surface area contributed by atoms with E-state index < -0.39 is 12.0 Å². The van der Waals surface area contributed by atoms with Crippen LogP contribution in [0.3, 0.4) is 0 Å². The number of hydrogen-bond donors (Lipinski definition) is 1. The molecule has 0 aromatic carbocycles. The number of carbonyl (C=O) groups excluding carboxylic acids is 2. The first-order valence-corrected chi connectivity index (χ1v) is 5.09. The lowest BCUT2D eigenvalue weighted by Gasteiger charge is -2.11. The highest BCUT2D eigenvalue weighted by atomic mass is 16.5. The molecule has 1 atom stereocenters. The predicted octanol–water partition coefficient (Wildman–Crippen LogP) is -0.940. The molecule has 1 unspecified atom stereocenters. The maximum Gasteiger partial charge on any atom is 0.324 e. The maximum absolute atomic E-state index is 11.4. The fraction of sp³-hybridized carbons (Fsp3) is 0.364. The average Bonchev–Trinajstić information content (AvgIpc) is 2.80. The Labute approximate surface area is 104 Å². The van der Waals surface area contributed by atoms with Crippen LogP contribution < -0.4 is 5.73 Å². The van der Waals surface area contributed by atoms with Crippen molar-refractivity contribution in [3.05, 3.63) is 18.2 Å². The number of carbonyl (C=O) groups is 2. The lowest BCUT2D eigenvalue weighted by Crippen LogP contribution is -2.35. The molecule has 0 saturated carbocycles. The molecule has 0 aliphatic rings. The van der Waals surface area contributed by atoms with Crippen molar-refractivity contribution in [2.45, 2.75) is 19.2 Å². The summed E-state index contributed by atoms with van der Waals surface area (Å²) in [5.41, 5.74) is 6.31. The molecular weight excluding hydrogens is 238 g/mol. The molecule has 0 fully saturated rings. The zero-order chi connectivity index (χ0) is 13.4. The normalized spacial score (nSPS) is 11.3. The lowest BCUT2D eigenvalue weighted by molar-refractivity contribution is -0.143. The van der Waals surface area contributed by atoms with Crippen molar-refractivity contribution >= 4 is 12.4 Å². The van der Waals surface area contributed by atoms with Gasteiger partial charge in [0.25, 0.3) is 6.47 Å². The Kier molecular flexibility index (Phi) is 5.41. The summed E-state index contributed by atoms with van der Waals surface area (Å²) in [7, 11) is 0. The van der Waals surface area contributed by atoms with Gasteiger partial charge in [0, 0.05) is 18.3 Å². The zero-order valence-corrected chi connectivity index (χ0v) is 9.61. The number of nitrogens with zero attached hydrogens (tertiary/aromatic N) is 2. The molecule has 0 amide bonds. The number of esters is 1. The summed E-state index contributed by atoms with van der Waals surface area (Å²) in [6.07, 6.45) is 8.17. The van der Waals surface area contributed by atoms with E-state index in [1.165, 1.54) is 12.5 Å². The fourth-order valence-corrected chi connectivity index (χ4v) is 1.27. The summed E-state index contributed by atoms with van der Waals surface area (Å²) in [4.78, 5) is 25.4. The van der Waals surface area contributed by atoms with Crippen LogP contribution in [-0.2, 0) is 32.2 Å². The van der Waals surface area contributed by atoms with Crippen LogP contribution in [0.1, 0.15) is 5.69 Å². The Morgan fingerprint density at radius 3 is 3.17 bits per heavy atom. The third-order valence-electron chi connectivity index (χ3n) is 2.11. The number of rotatable bonds is 7. The van der Waals surface area contributed by atoms with E-state index in [-0.39, 0.29) is 19.8 Å². The smallest absolute Gasteiger partial charge is 0.324 e. The zero-order valence-electron chi connectivity index (χ0n) is 9.61. The van der Waals surface area contributed by atoms with Gasteiger partial charge in [-0.15, -0.1) is 6.42 Å². The van der Waals surface area contributed by atoms with Crippen molar-refractivity contribution in [3.8, 4) is 12.3 Å². The highest BCUT2D eigenvalue weighted by molar-refractivity contribution is 5.75. The molecule has 1 rings (SSSR count). The van der Waals surface area contributed by atoms with Gasteiger partial charge >= 0.3 is 5.97 Å². The predicted molar refractivity (Wildman–Crippen MR) is 60.8 cm³/mol. The van der Waals surface area contributed by atoms with Gasteiger partial charge in [0.2, 0.25) is 0 Å². The van der Waals surface area contributed by atoms with E-state index >= 15 is 0 Å².